The predicted molar refractivity (Wildman–Crippen MR) is 65.3 cm³/mol. The van der Waals surface area contributed by atoms with E-state index in [0.717, 1.165) is 32.2 Å². The molecule has 1 aliphatic heterocycles. The number of rotatable bonds is 3. The van der Waals surface area contributed by atoms with Gasteiger partial charge in [-0.15, -0.1) is 0 Å². The van der Waals surface area contributed by atoms with Crippen molar-refractivity contribution in [3.05, 3.63) is 0 Å². The zero-order valence-electron chi connectivity index (χ0n) is 10.8. The Morgan fingerprint density at radius 1 is 1.29 bits per heavy atom. The smallest absolute Gasteiger partial charge is 0.226 e. The van der Waals surface area contributed by atoms with E-state index in [-0.39, 0.29) is 18.1 Å². The Morgan fingerprint density at radius 3 is 2.59 bits per heavy atom. The minimum atomic E-state index is -0.239. The van der Waals surface area contributed by atoms with E-state index in [1.807, 2.05) is 4.90 Å². The van der Waals surface area contributed by atoms with Crippen LogP contribution in [-0.2, 0) is 4.79 Å². The molecule has 3 nitrogen and oxygen atoms in total. The highest BCUT2D eigenvalue weighted by molar-refractivity contribution is 5.79. The Kier molecular flexibility index (Phi) is 2.69. The van der Waals surface area contributed by atoms with E-state index in [9.17, 15) is 9.90 Å². The van der Waals surface area contributed by atoms with E-state index in [0.29, 0.717) is 23.7 Å². The number of carbonyl (C=O) groups excluding carboxylic acids is 1. The van der Waals surface area contributed by atoms with Gasteiger partial charge in [-0.05, 0) is 43.4 Å². The van der Waals surface area contributed by atoms with Crippen molar-refractivity contribution < 1.29 is 9.90 Å². The van der Waals surface area contributed by atoms with E-state index < -0.39 is 0 Å². The lowest BCUT2D eigenvalue weighted by Gasteiger charge is -2.31. The molecule has 0 radical (unpaired) electrons. The summed E-state index contributed by atoms with van der Waals surface area (Å²) in [5.41, 5.74) is 0. The maximum Gasteiger partial charge on any atom is 0.226 e. The van der Waals surface area contributed by atoms with Crippen LogP contribution in [0.4, 0.5) is 0 Å². The Bertz CT molecular complexity index is 324. The minimum absolute atomic E-state index is 0.159. The van der Waals surface area contributed by atoms with Crippen LogP contribution in [0, 0.1) is 23.7 Å². The van der Waals surface area contributed by atoms with Crippen molar-refractivity contribution in [3.8, 4) is 0 Å². The summed E-state index contributed by atoms with van der Waals surface area (Å²) in [6.07, 6.45) is 3.91. The fourth-order valence-corrected chi connectivity index (χ4v) is 4.54. The standard InChI is InChI=1S/C14H23NO2/c1-3-8(4-2)14(17)15-7-10-5-9-6-11(10)12(15)13(9)16/h8-13,16H,3-7H2,1-2H3. The van der Waals surface area contributed by atoms with Gasteiger partial charge in [0.2, 0.25) is 5.91 Å². The van der Waals surface area contributed by atoms with Crippen LogP contribution >= 0.6 is 0 Å². The summed E-state index contributed by atoms with van der Waals surface area (Å²) in [5.74, 6) is 2.24. The third-order valence-corrected chi connectivity index (χ3v) is 5.47. The Labute approximate surface area is 103 Å². The maximum atomic E-state index is 12.5. The topological polar surface area (TPSA) is 40.5 Å². The highest BCUT2D eigenvalue weighted by Gasteiger charge is 2.60. The molecule has 0 aromatic carbocycles. The Hall–Kier alpha value is -0.570. The molecule has 0 spiro atoms. The number of amides is 1. The first-order valence-electron chi connectivity index (χ1n) is 7.15. The van der Waals surface area contributed by atoms with Crippen LogP contribution in [0.1, 0.15) is 39.5 Å². The molecule has 96 valence electrons. The third kappa shape index (κ3) is 1.48. The highest BCUT2D eigenvalue weighted by atomic mass is 16.3. The van der Waals surface area contributed by atoms with Crippen LogP contribution in [0.5, 0.6) is 0 Å². The van der Waals surface area contributed by atoms with Crippen LogP contribution in [0.15, 0.2) is 0 Å². The molecule has 3 fully saturated rings. The molecule has 1 heterocycles. The second-order valence-corrected chi connectivity index (χ2v) is 6.14. The summed E-state index contributed by atoms with van der Waals surface area (Å²) in [6.45, 7) is 5.09. The SMILES string of the molecule is CCC(CC)C(=O)N1CC2CC3CC2C1C3O. The summed E-state index contributed by atoms with van der Waals surface area (Å²) in [4.78, 5) is 14.5. The highest BCUT2D eigenvalue weighted by Crippen LogP contribution is 2.55. The van der Waals surface area contributed by atoms with E-state index in [1.54, 1.807) is 0 Å². The van der Waals surface area contributed by atoms with E-state index in [1.165, 1.54) is 0 Å². The summed E-state index contributed by atoms with van der Waals surface area (Å²) < 4.78 is 0. The summed E-state index contributed by atoms with van der Waals surface area (Å²) >= 11 is 0. The number of carbonyl (C=O) groups is 1. The van der Waals surface area contributed by atoms with Gasteiger partial charge in [0, 0.05) is 12.5 Å². The first-order valence-corrected chi connectivity index (χ1v) is 7.15. The van der Waals surface area contributed by atoms with Crippen molar-refractivity contribution in [2.75, 3.05) is 6.54 Å². The largest absolute Gasteiger partial charge is 0.391 e. The van der Waals surface area contributed by atoms with Gasteiger partial charge in [-0.1, -0.05) is 13.8 Å². The number of nitrogens with zero attached hydrogens (tertiary/aromatic N) is 1. The van der Waals surface area contributed by atoms with Gasteiger partial charge in [0.15, 0.2) is 0 Å². The molecule has 1 amide bonds. The molecule has 3 heteroatoms. The third-order valence-electron chi connectivity index (χ3n) is 5.47. The molecule has 2 bridgehead atoms. The van der Waals surface area contributed by atoms with E-state index >= 15 is 0 Å². The first-order chi connectivity index (χ1) is 8.17. The number of hydrogen-bond donors (Lipinski definition) is 1. The van der Waals surface area contributed by atoms with Crippen LogP contribution in [0.3, 0.4) is 0 Å². The van der Waals surface area contributed by atoms with Crippen LogP contribution in [-0.4, -0.2) is 34.6 Å². The zero-order valence-corrected chi connectivity index (χ0v) is 10.8. The van der Waals surface area contributed by atoms with Crippen molar-refractivity contribution in [2.45, 2.75) is 51.7 Å². The number of fused-ring (bicyclic) bond motifs is 1. The predicted octanol–water partition coefficient (Wildman–Crippen LogP) is 1.65. The molecule has 1 saturated heterocycles. The molecule has 1 N–H and O–H groups in total. The monoisotopic (exact) mass is 237 g/mol. The molecular formula is C14H23NO2. The molecule has 5 unspecified atom stereocenters. The molecule has 5 atom stereocenters. The average molecular weight is 237 g/mol. The second-order valence-electron chi connectivity index (χ2n) is 6.14. The Morgan fingerprint density at radius 2 is 2.00 bits per heavy atom. The number of likely N-dealkylation sites (tertiary alicyclic amines) is 1. The van der Waals surface area contributed by atoms with E-state index in [2.05, 4.69) is 13.8 Å². The van der Waals surface area contributed by atoms with Crippen LogP contribution in [0.25, 0.3) is 0 Å². The molecule has 2 saturated carbocycles. The summed E-state index contributed by atoms with van der Waals surface area (Å²) in [6, 6.07) is 0.159. The van der Waals surface area contributed by atoms with Crippen molar-refractivity contribution in [1.82, 2.24) is 4.90 Å². The molecule has 3 rings (SSSR count). The van der Waals surface area contributed by atoms with Crippen LogP contribution < -0.4 is 0 Å². The van der Waals surface area contributed by atoms with Gasteiger partial charge in [-0.25, -0.2) is 0 Å². The quantitative estimate of drug-likeness (QED) is 0.811. The molecule has 3 aliphatic rings. The fraction of sp³-hybridized carbons (Fsp3) is 0.929. The number of aliphatic hydroxyl groups excluding tert-OH is 1. The first kappa shape index (κ1) is 11.5. The van der Waals surface area contributed by atoms with Gasteiger partial charge in [0.05, 0.1) is 12.1 Å². The molecule has 2 aliphatic carbocycles. The normalized spacial score (nSPS) is 42.8. The second kappa shape index (κ2) is 3.98. The lowest BCUT2D eigenvalue weighted by molar-refractivity contribution is -0.138. The molecule has 0 aromatic rings. The molecule has 17 heavy (non-hydrogen) atoms. The van der Waals surface area contributed by atoms with Crippen molar-refractivity contribution in [3.63, 3.8) is 0 Å². The van der Waals surface area contributed by atoms with Gasteiger partial charge < -0.3 is 10.0 Å². The van der Waals surface area contributed by atoms with Gasteiger partial charge in [0.1, 0.15) is 0 Å². The van der Waals surface area contributed by atoms with Gasteiger partial charge in [0.25, 0.3) is 0 Å². The maximum absolute atomic E-state index is 12.5. The molecule has 0 aromatic heterocycles. The average Bonchev–Trinajstić information content (AvgIpc) is 2.90. The summed E-state index contributed by atoms with van der Waals surface area (Å²) in [7, 11) is 0. The summed E-state index contributed by atoms with van der Waals surface area (Å²) in [5, 5.41) is 10.3. The number of aliphatic hydroxyl groups is 1. The molecular weight excluding hydrogens is 214 g/mol. The zero-order chi connectivity index (χ0) is 12.2. The fourth-order valence-electron chi connectivity index (χ4n) is 4.54. The van der Waals surface area contributed by atoms with Gasteiger partial charge >= 0.3 is 0 Å². The lowest BCUT2D eigenvalue weighted by atomic mass is 9.88. The number of hydrogen-bond acceptors (Lipinski definition) is 2. The van der Waals surface area contributed by atoms with Crippen LogP contribution in [0.2, 0.25) is 0 Å². The Balaban J connectivity index is 1.79. The van der Waals surface area contributed by atoms with Crippen molar-refractivity contribution >= 4 is 5.91 Å². The van der Waals surface area contributed by atoms with Gasteiger partial charge in [-0.3, -0.25) is 4.79 Å². The minimum Gasteiger partial charge on any atom is -0.391 e. The van der Waals surface area contributed by atoms with Crippen molar-refractivity contribution in [1.29, 1.82) is 0 Å². The van der Waals surface area contributed by atoms with Crippen molar-refractivity contribution in [2.24, 2.45) is 23.7 Å². The lowest BCUT2D eigenvalue weighted by Crippen LogP contribution is -2.45. The van der Waals surface area contributed by atoms with Gasteiger partial charge in [-0.2, -0.15) is 0 Å². The van der Waals surface area contributed by atoms with E-state index in [4.69, 9.17) is 0 Å².